The summed E-state index contributed by atoms with van der Waals surface area (Å²) in [5.74, 6) is 0.720. The Morgan fingerprint density at radius 2 is 2.00 bits per heavy atom. The van der Waals surface area contributed by atoms with Crippen molar-refractivity contribution in [2.75, 3.05) is 5.73 Å². The van der Waals surface area contributed by atoms with E-state index in [9.17, 15) is 0 Å². The number of benzene rings is 1. The highest BCUT2D eigenvalue weighted by molar-refractivity contribution is 5.75. The molecule has 0 saturated carbocycles. The van der Waals surface area contributed by atoms with Crippen LogP contribution in [0, 0.1) is 6.92 Å². The molecule has 0 aliphatic carbocycles. The van der Waals surface area contributed by atoms with Gasteiger partial charge in [-0.1, -0.05) is 6.07 Å². The lowest BCUT2D eigenvalue weighted by molar-refractivity contribution is 0.289. The lowest BCUT2D eigenvalue weighted by Crippen LogP contribution is -2.07. The molecule has 2 N–H and O–H groups in total. The molecule has 0 bridgehead atoms. The summed E-state index contributed by atoms with van der Waals surface area (Å²) < 4.78 is 5.62. The first kappa shape index (κ1) is 9.21. The molecule has 1 aromatic heterocycles. The van der Waals surface area contributed by atoms with Crippen molar-refractivity contribution in [1.82, 2.24) is 4.98 Å². The lowest BCUT2D eigenvalue weighted by atomic mass is 9.98. The van der Waals surface area contributed by atoms with E-state index in [1.807, 2.05) is 37.3 Å². The highest BCUT2D eigenvalue weighted by Crippen LogP contribution is 2.36. The first-order valence-corrected chi connectivity index (χ1v) is 5.23. The maximum absolute atomic E-state index is 5.75. The number of ether oxygens (including phenoxy) is 1. The Hall–Kier alpha value is -2.03. The number of aromatic nitrogens is 1. The molecule has 0 saturated heterocycles. The van der Waals surface area contributed by atoms with Crippen LogP contribution in [-0.2, 0) is 6.61 Å². The lowest BCUT2D eigenvalue weighted by Gasteiger charge is -2.20. The average Bonchev–Trinajstić information content (AvgIpc) is 2.28. The van der Waals surface area contributed by atoms with E-state index in [0.29, 0.717) is 6.61 Å². The first-order chi connectivity index (χ1) is 7.74. The van der Waals surface area contributed by atoms with Crippen LogP contribution in [0.5, 0.6) is 5.88 Å². The van der Waals surface area contributed by atoms with Gasteiger partial charge >= 0.3 is 0 Å². The van der Waals surface area contributed by atoms with Gasteiger partial charge in [0.05, 0.1) is 0 Å². The van der Waals surface area contributed by atoms with Gasteiger partial charge in [-0.15, -0.1) is 0 Å². The molecule has 1 aliphatic heterocycles. The van der Waals surface area contributed by atoms with Crippen molar-refractivity contribution in [3.63, 3.8) is 0 Å². The zero-order chi connectivity index (χ0) is 11.1. The SMILES string of the molecule is Cc1ccc2c(n1)OCc1cc(N)ccc1-2. The Labute approximate surface area is 93.9 Å². The molecule has 0 fully saturated rings. The highest BCUT2D eigenvalue weighted by Gasteiger charge is 2.18. The van der Waals surface area contributed by atoms with Crippen LogP contribution in [0.3, 0.4) is 0 Å². The number of nitrogen functional groups attached to an aromatic ring is 1. The van der Waals surface area contributed by atoms with E-state index in [1.165, 1.54) is 5.56 Å². The summed E-state index contributed by atoms with van der Waals surface area (Å²) >= 11 is 0. The van der Waals surface area contributed by atoms with Crippen molar-refractivity contribution < 1.29 is 4.74 Å². The molecule has 0 unspecified atom stereocenters. The van der Waals surface area contributed by atoms with Crippen LogP contribution in [0.1, 0.15) is 11.3 Å². The van der Waals surface area contributed by atoms with Gasteiger partial charge in [-0.2, -0.15) is 0 Å². The predicted molar refractivity (Wildman–Crippen MR) is 63.2 cm³/mol. The second kappa shape index (κ2) is 3.23. The fraction of sp³-hybridized carbons (Fsp3) is 0.154. The van der Waals surface area contributed by atoms with Gasteiger partial charge in [-0.3, -0.25) is 0 Å². The number of rotatable bonds is 0. The van der Waals surface area contributed by atoms with E-state index in [4.69, 9.17) is 10.5 Å². The van der Waals surface area contributed by atoms with Gasteiger partial charge in [0.25, 0.3) is 0 Å². The summed E-state index contributed by atoms with van der Waals surface area (Å²) in [5, 5.41) is 0. The minimum Gasteiger partial charge on any atom is -0.472 e. The number of nitrogens with two attached hydrogens (primary N) is 1. The van der Waals surface area contributed by atoms with Gasteiger partial charge in [0, 0.05) is 16.9 Å². The van der Waals surface area contributed by atoms with Gasteiger partial charge in [0.2, 0.25) is 5.88 Å². The molecule has 2 aromatic rings. The second-order valence-electron chi connectivity index (χ2n) is 4.01. The monoisotopic (exact) mass is 212 g/mol. The second-order valence-corrected chi connectivity index (χ2v) is 4.01. The van der Waals surface area contributed by atoms with E-state index in [2.05, 4.69) is 4.98 Å². The maximum Gasteiger partial charge on any atom is 0.221 e. The van der Waals surface area contributed by atoms with Crippen LogP contribution in [0.4, 0.5) is 5.69 Å². The zero-order valence-corrected chi connectivity index (χ0v) is 9.03. The molecule has 16 heavy (non-hydrogen) atoms. The highest BCUT2D eigenvalue weighted by atomic mass is 16.5. The summed E-state index contributed by atoms with van der Waals surface area (Å²) in [6, 6.07) is 9.94. The van der Waals surface area contributed by atoms with Crippen LogP contribution >= 0.6 is 0 Å². The first-order valence-electron chi connectivity index (χ1n) is 5.23. The van der Waals surface area contributed by atoms with Crippen LogP contribution < -0.4 is 10.5 Å². The summed E-state index contributed by atoms with van der Waals surface area (Å²) in [4.78, 5) is 4.38. The van der Waals surface area contributed by atoms with Gasteiger partial charge < -0.3 is 10.5 Å². The van der Waals surface area contributed by atoms with Crippen LogP contribution in [-0.4, -0.2) is 4.98 Å². The number of aryl methyl sites for hydroxylation is 1. The van der Waals surface area contributed by atoms with Gasteiger partial charge in [-0.05, 0) is 42.3 Å². The maximum atomic E-state index is 5.75. The van der Waals surface area contributed by atoms with Crippen molar-refractivity contribution in [3.05, 3.63) is 41.6 Å². The van der Waals surface area contributed by atoms with E-state index >= 15 is 0 Å². The minimum atomic E-state index is 0.545. The Bertz CT molecular complexity index is 512. The summed E-state index contributed by atoms with van der Waals surface area (Å²) in [5.41, 5.74) is 10.8. The molecule has 1 aliphatic rings. The molecule has 3 nitrogen and oxygen atoms in total. The quantitative estimate of drug-likeness (QED) is 0.682. The molecule has 3 rings (SSSR count). The minimum absolute atomic E-state index is 0.545. The summed E-state index contributed by atoms with van der Waals surface area (Å²) in [6.07, 6.45) is 0. The van der Waals surface area contributed by atoms with Crippen LogP contribution in [0.2, 0.25) is 0 Å². The van der Waals surface area contributed by atoms with Crippen molar-refractivity contribution in [3.8, 4) is 17.0 Å². The fourth-order valence-electron chi connectivity index (χ4n) is 1.99. The van der Waals surface area contributed by atoms with Gasteiger partial charge in [0.15, 0.2) is 0 Å². The standard InChI is InChI=1S/C13H12N2O/c1-8-2-4-12-11-5-3-10(14)6-9(11)7-16-13(12)15-8/h2-6H,7,14H2,1H3. The molecule has 2 heterocycles. The topological polar surface area (TPSA) is 48.1 Å². The molecule has 0 radical (unpaired) electrons. The number of hydrogen-bond donors (Lipinski definition) is 1. The summed E-state index contributed by atoms with van der Waals surface area (Å²) in [7, 11) is 0. The smallest absolute Gasteiger partial charge is 0.221 e. The largest absolute Gasteiger partial charge is 0.472 e. The van der Waals surface area contributed by atoms with Crippen molar-refractivity contribution in [2.24, 2.45) is 0 Å². The van der Waals surface area contributed by atoms with Crippen molar-refractivity contribution in [2.45, 2.75) is 13.5 Å². The van der Waals surface area contributed by atoms with Crippen LogP contribution in [0.15, 0.2) is 30.3 Å². The molecule has 0 atom stereocenters. The van der Waals surface area contributed by atoms with Gasteiger partial charge in [0.1, 0.15) is 6.61 Å². The average molecular weight is 212 g/mol. The molecule has 80 valence electrons. The van der Waals surface area contributed by atoms with E-state index in [0.717, 1.165) is 28.4 Å². The number of pyridine rings is 1. The van der Waals surface area contributed by atoms with Crippen molar-refractivity contribution >= 4 is 5.69 Å². The van der Waals surface area contributed by atoms with Gasteiger partial charge in [-0.25, -0.2) is 4.98 Å². The Morgan fingerprint density at radius 1 is 1.19 bits per heavy atom. The fourth-order valence-corrected chi connectivity index (χ4v) is 1.99. The molecule has 0 spiro atoms. The third-order valence-electron chi connectivity index (χ3n) is 2.78. The Morgan fingerprint density at radius 3 is 2.88 bits per heavy atom. The Kier molecular flexibility index (Phi) is 1.86. The Balaban J connectivity index is 2.23. The van der Waals surface area contributed by atoms with E-state index in [-0.39, 0.29) is 0 Å². The molecular weight excluding hydrogens is 200 g/mol. The van der Waals surface area contributed by atoms with E-state index in [1.54, 1.807) is 0 Å². The molecule has 3 heteroatoms. The summed E-state index contributed by atoms with van der Waals surface area (Å²) in [6.45, 7) is 2.51. The molecule has 1 aromatic carbocycles. The predicted octanol–water partition coefficient (Wildman–Crippen LogP) is 2.53. The zero-order valence-electron chi connectivity index (χ0n) is 9.03. The number of hydrogen-bond acceptors (Lipinski definition) is 3. The molecule has 0 amide bonds. The van der Waals surface area contributed by atoms with Crippen LogP contribution in [0.25, 0.3) is 11.1 Å². The number of fused-ring (bicyclic) bond motifs is 3. The third-order valence-corrected chi connectivity index (χ3v) is 2.78. The molecular formula is C13H12N2O. The normalized spacial score (nSPS) is 12.6. The van der Waals surface area contributed by atoms with Crippen molar-refractivity contribution in [1.29, 1.82) is 0 Å². The number of anilines is 1. The van der Waals surface area contributed by atoms with E-state index < -0.39 is 0 Å². The third kappa shape index (κ3) is 1.33. The number of nitrogens with zero attached hydrogens (tertiary/aromatic N) is 1.